The van der Waals surface area contributed by atoms with Gasteiger partial charge in [-0.3, -0.25) is 4.79 Å². The summed E-state index contributed by atoms with van der Waals surface area (Å²) in [7, 11) is 0. The Bertz CT molecular complexity index is 669. The molecule has 3 atom stereocenters. The van der Waals surface area contributed by atoms with Crippen molar-refractivity contribution in [2.75, 3.05) is 6.61 Å². The number of nitrogens with one attached hydrogen (secondary N) is 1. The third-order valence-electron chi connectivity index (χ3n) is 10.1. The van der Waals surface area contributed by atoms with Crippen molar-refractivity contribution in [1.29, 1.82) is 0 Å². The van der Waals surface area contributed by atoms with Crippen molar-refractivity contribution in [3.8, 4) is 0 Å². The molecular formula is C43H85NO4. The molecule has 0 saturated heterocycles. The first-order valence-electron chi connectivity index (χ1n) is 21.5. The Balaban J connectivity index is 3.59. The predicted molar refractivity (Wildman–Crippen MR) is 208 cm³/mol. The van der Waals surface area contributed by atoms with Crippen LogP contribution in [0.4, 0.5) is 0 Å². The largest absolute Gasteiger partial charge is 0.394 e. The molecule has 0 aliphatic carbocycles. The minimum absolute atomic E-state index is 0.151. The van der Waals surface area contributed by atoms with E-state index in [1.807, 2.05) is 0 Å². The highest BCUT2D eigenvalue weighted by molar-refractivity contribution is 5.76. The van der Waals surface area contributed by atoms with Gasteiger partial charge in [0.05, 0.1) is 18.8 Å². The number of carbonyl (C=O) groups is 1. The van der Waals surface area contributed by atoms with E-state index in [0.29, 0.717) is 12.8 Å². The van der Waals surface area contributed by atoms with E-state index in [1.54, 1.807) is 0 Å². The van der Waals surface area contributed by atoms with Crippen LogP contribution in [0.15, 0.2) is 12.2 Å². The maximum atomic E-state index is 12.4. The molecule has 1 amide bonds. The van der Waals surface area contributed by atoms with E-state index in [0.717, 1.165) is 38.5 Å². The number of aliphatic hydroxyl groups is 3. The van der Waals surface area contributed by atoms with Gasteiger partial charge in [-0.15, -0.1) is 0 Å². The van der Waals surface area contributed by atoms with Crippen molar-refractivity contribution in [1.82, 2.24) is 5.32 Å². The van der Waals surface area contributed by atoms with Gasteiger partial charge in [0.2, 0.25) is 5.91 Å². The molecule has 0 aromatic rings. The minimum atomic E-state index is -1.15. The van der Waals surface area contributed by atoms with Gasteiger partial charge in [0, 0.05) is 6.42 Å². The van der Waals surface area contributed by atoms with Crippen LogP contribution in [0.2, 0.25) is 0 Å². The number of allylic oxidation sites excluding steroid dienone is 2. The quantitative estimate of drug-likeness (QED) is 0.0384. The van der Waals surface area contributed by atoms with Crippen LogP contribution in [0.5, 0.6) is 0 Å². The van der Waals surface area contributed by atoms with E-state index in [4.69, 9.17) is 0 Å². The van der Waals surface area contributed by atoms with Gasteiger partial charge in [-0.25, -0.2) is 0 Å². The second-order valence-electron chi connectivity index (χ2n) is 14.9. The van der Waals surface area contributed by atoms with Crippen LogP contribution in [0.1, 0.15) is 232 Å². The Morgan fingerprint density at radius 2 is 0.833 bits per heavy atom. The molecule has 0 heterocycles. The first kappa shape index (κ1) is 47.1. The molecule has 5 heteroatoms. The Morgan fingerprint density at radius 1 is 0.500 bits per heavy atom. The van der Waals surface area contributed by atoms with Gasteiger partial charge in [0.25, 0.3) is 0 Å². The highest BCUT2D eigenvalue weighted by atomic mass is 16.3. The van der Waals surface area contributed by atoms with Crippen LogP contribution >= 0.6 is 0 Å². The summed E-state index contributed by atoms with van der Waals surface area (Å²) >= 11 is 0. The van der Waals surface area contributed by atoms with Crippen LogP contribution in [0.3, 0.4) is 0 Å². The molecule has 3 unspecified atom stereocenters. The number of carbonyl (C=O) groups excluding carboxylic acids is 1. The normalized spacial score (nSPS) is 13.7. The van der Waals surface area contributed by atoms with Crippen LogP contribution in [-0.2, 0) is 4.79 Å². The van der Waals surface area contributed by atoms with E-state index >= 15 is 0 Å². The van der Waals surface area contributed by atoms with Gasteiger partial charge in [0.1, 0.15) is 6.10 Å². The molecule has 0 spiro atoms. The second kappa shape index (κ2) is 38.9. The molecule has 4 N–H and O–H groups in total. The number of amides is 1. The Labute approximate surface area is 299 Å². The number of hydrogen-bond donors (Lipinski definition) is 4. The second-order valence-corrected chi connectivity index (χ2v) is 14.9. The topological polar surface area (TPSA) is 89.8 Å². The van der Waals surface area contributed by atoms with Crippen molar-refractivity contribution in [2.24, 2.45) is 0 Å². The van der Waals surface area contributed by atoms with Gasteiger partial charge in [-0.05, 0) is 38.5 Å². The summed E-state index contributed by atoms with van der Waals surface area (Å²) in [4.78, 5) is 12.4. The molecule has 5 nitrogen and oxygen atoms in total. The fourth-order valence-electron chi connectivity index (χ4n) is 6.75. The number of aliphatic hydroxyl groups excluding tert-OH is 3. The molecular weight excluding hydrogens is 594 g/mol. The lowest BCUT2D eigenvalue weighted by molar-refractivity contribution is -0.124. The van der Waals surface area contributed by atoms with E-state index in [2.05, 4.69) is 31.3 Å². The van der Waals surface area contributed by atoms with Gasteiger partial charge in [0.15, 0.2) is 0 Å². The van der Waals surface area contributed by atoms with Gasteiger partial charge in [-0.1, -0.05) is 199 Å². The highest BCUT2D eigenvalue weighted by Gasteiger charge is 2.26. The summed E-state index contributed by atoms with van der Waals surface area (Å²) < 4.78 is 0. The average molecular weight is 680 g/mol. The van der Waals surface area contributed by atoms with Crippen molar-refractivity contribution >= 4 is 5.91 Å². The average Bonchev–Trinajstić information content (AvgIpc) is 3.09. The zero-order valence-corrected chi connectivity index (χ0v) is 32.4. The number of unbranched alkanes of at least 4 members (excludes halogenated alkanes) is 29. The first-order valence-corrected chi connectivity index (χ1v) is 21.5. The Kier molecular flexibility index (Phi) is 38.1. The smallest absolute Gasteiger partial charge is 0.220 e. The number of hydrogen-bond acceptors (Lipinski definition) is 4. The van der Waals surface area contributed by atoms with E-state index in [1.165, 1.54) is 167 Å². The fraction of sp³-hybridized carbons (Fsp3) is 0.930. The van der Waals surface area contributed by atoms with Crippen LogP contribution < -0.4 is 5.32 Å². The molecule has 0 bridgehead atoms. The molecule has 0 radical (unpaired) electrons. The maximum absolute atomic E-state index is 12.4. The standard InChI is InChI=1S/C43H85NO4/c1-3-5-7-9-11-13-15-17-18-19-20-21-22-23-24-25-26-28-30-32-34-36-38-42(47)44-40(39-45)43(48)41(46)37-35-33-31-29-27-16-14-12-10-8-6-4-2/h29,31,40-41,43,45-46,48H,3-28,30,32-39H2,1-2H3,(H,44,47)/b31-29+. The maximum Gasteiger partial charge on any atom is 0.220 e. The van der Waals surface area contributed by atoms with Crippen LogP contribution in [0.25, 0.3) is 0 Å². The SMILES string of the molecule is CCCCCCCCC/C=C/CCCC(O)C(O)C(CO)NC(=O)CCCCCCCCCCCCCCCCCCCCCCCC. The van der Waals surface area contributed by atoms with Crippen molar-refractivity contribution < 1.29 is 20.1 Å². The molecule has 0 rings (SSSR count). The highest BCUT2D eigenvalue weighted by Crippen LogP contribution is 2.16. The molecule has 0 saturated carbocycles. The van der Waals surface area contributed by atoms with Gasteiger partial charge >= 0.3 is 0 Å². The van der Waals surface area contributed by atoms with E-state index < -0.39 is 18.2 Å². The third-order valence-corrected chi connectivity index (χ3v) is 10.1. The summed E-state index contributed by atoms with van der Waals surface area (Å²) in [5, 5.41) is 33.4. The summed E-state index contributed by atoms with van der Waals surface area (Å²) in [6, 6.07) is -0.819. The van der Waals surface area contributed by atoms with E-state index in [9.17, 15) is 20.1 Å². The fourth-order valence-corrected chi connectivity index (χ4v) is 6.75. The van der Waals surface area contributed by atoms with Crippen LogP contribution in [0, 0.1) is 0 Å². The lowest BCUT2D eigenvalue weighted by Gasteiger charge is -2.26. The minimum Gasteiger partial charge on any atom is -0.394 e. The zero-order chi connectivity index (χ0) is 35.2. The predicted octanol–water partition coefficient (Wildman–Crippen LogP) is 12.0. The summed E-state index contributed by atoms with van der Waals surface area (Å²) in [5.41, 5.74) is 0. The molecule has 0 aliphatic rings. The monoisotopic (exact) mass is 680 g/mol. The summed E-state index contributed by atoms with van der Waals surface area (Å²) in [6.45, 7) is 4.16. The molecule has 48 heavy (non-hydrogen) atoms. The van der Waals surface area contributed by atoms with Gasteiger partial charge < -0.3 is 20.6 Å². The van der Waals surface area contributed by atoms with Crippen molar-refractivity contribution in [2.45, 2.75) is 250 Å². The zero-order valence-electron chi connectivity index (χ0n) is 32.4. The summed E-state index contributed by atoms with van der Waals surface area (Å²) in [5.74, 6) is -0.151. The molecule has 0 aromatic heterocycles. The lowest BCUT2D eigenvalue weighted by Crippen LogP contribution is -2.50. The molecule has 286 valence electrons. The van der Waals surface area contributed by atoms with Gasteiger partial charge in [-0.2, -0.15) is 0 Å². The Morgan fingerprint density at radius 3 is 1.21 bits per heavy atom. The van der Waals surface area contributed by atoms with Crippen molar-refractivity contribution in [3.05, 3.63) is 12.2 Å². The molecule has 0 aliphatic heterocycles. The Hall–Kier alpha value is -0.910. The molecule has 0 fully saturated rings. The lowest BCUT2D eigenvalue weighted by atomic mass is 10.0. The van der Waals surface area contributed by atoms with E-state index in [-0.39, 0.29) is 12.5 Å². The third kappa shape index (κ3) is 33.6. The van der Waals surface area contributed by atoms with Crippen LogP contribution in [-0.4, -0.2) is 46.1 Å². The number of rotatable bonds is 39. The van der Waals surface area contributed by atoms with Crippen molar-refractivity contribution in [3.63, 3.8) is 0 Å². The summed E-state index contributed by atoms with van der Waals surface area (Å²) in [6.07, 6.45) is 44.7. The molecule has 0 aromatic carbocycles. The first-order chi connectivity index (χ1) is 23.6.